The molecular weight excluding hydrogens is 318 g/mol. The van der Waals surface area contributed by atoms with Crippen molar-refractivity contribution in [3.05, 3.63) is 0 Å². The smallest absolute Gasteiger partial charge is 0.230 e. The molecule has 2 aliphatic rings. The highest BCUT2D eigenvalue weighted by atomic mass is 16.2. The molecule has 0 aromatic heterocycles. The molecule has 0 saturated heterocycles. The van der Waals surface area contributed by atoms with E-state index in [2.05, 4.69) is 20.9 Å². The largest absolute Gasteiger partial charge is 0.356 e. The first-order valence-corrected chi connectivity index (χ1v) is 9.42. The minimum Gasteiger partial charge on any atom is -0.356 e. The molecule has 2 amide bonds. The van der Waals surface area contributed by atoms with Crippen LogP contribution in [-0.2, 0) is 9.59 Å². The van der Waals surface area contributed by atoms with E-state index < -0.39 is 0 Å². The van der Waals surface area contributed by atoms with Gasteiger partial charge in [0, 0.05) is 46.7 Å². The van der Waals surface area contributed by atoms with Gasteiger partial charge in [0.15, 0.2) is 5.96 Å². The van der Waals surface area contributed by atoms with Crippen molar-refractivity contribution in [1.82, 2.24) is 20.9 Å². The van der Waals surface area contributed by atoms with Gasteiger partial charge in [-0.3, -0.25) is 14.6 Å². The van der Waals surface area contributed by atoms with Crippen LogP contribution in [0.15, 0.2) is 4.99 Å². The fraction of sp³-hybridized carbons (Fsp3) is 0.833. The molecule has 2 aliphatic carbocycles. The van der Waals surface area contributed by atoms with Gasteiger partial charge in [-0.1, -0.05) is 12.8 Å². The van der Waals surface area contributed by atoms with Gasteiger partial charge in [-0.15, -0.1) is 0 Å². The zero-order valence-electron chi connectivity index (χ0n) is 15.9. The van der Waals surface area contributed by atoms with Gasteiger partial charge in [0.2, 0.25) is 11.8 Å². The molecule has 0 atom stereocenters. The van der Waals surface area contributed by atoms with E-state index in [4.69, 9.17) is 0 Å². The fourth-order valence-electron chi connectivity index (χ4n) is 3.45. The molecule has 0 spiro atoms. The third-order valence-electron chi connectivity index (χ3n) is 5.05. The lowest BCUT2D eigenvalue weighted by Crippen LogP contribution is -2.49. The summed E-state index contributed by atoms with van der Waals surface area (Å²) in [6, 6.07) is 0.423. The number of aliphatic imine (C=N–C) groups is 1. The Bertz CT molecular complexity index is 494. The molecule has 0 bridgehead atoms. The molecule has 2 rings (SSSR count). The fourth-order valence-corrected chi connectivity index (χ4v) is 3.45. The predicted molar refractivity (Wildman–Crippen MR) is 99.4 cm³/mol. The first-order chi connectivity index (χ1) is 12.0. The lowest BCUT2D eigenvalue weighted by Gasteiger charge is -2.31. The molecule has 7 heteroatoms. The summed E-state index contributed by atoms with van der Waals surface area (Å²) < 4.78 is 0. The van der Waals surface area contributed by atoms with Crippen LogP contribution in [0.2, 0.25) is 0 Å². The minimum atomic E-state index is -0.314. The normalized spacial score (nSPS) is 19.4. The van der Waals surface area contributed by atoms with E-state index in [1.54, 1.807) is 11.9 Å². The van der Waals surface area contributed by atoms with Crippen molar-refractivity contribution in [3.63, 3.8) is 0 Å². The van der Waals surface area contributed by atoms with Crippen molar-refractivity contribution in [3.8, 4) is 0 Å². The average Bonchev–Trinajstić information content (AvgIpc) is 3.27. The van der Waals surface area contributed by atoms with Gasteiger partial charge in [-0.25, -0.2) is 0 Å². The number of nitrogens with one attached hydrogen (secondary N) is 3. The first kappa shape index (κ1) is 19.5. The van der Waals surface area contributed by atoms with Crippen LogP contribution in [0, 0.1) is 5.41 Å². The standard InChI is InChI=1S/C18H33N5O2/c1-19-17(20-12-6-7-15(24)22-14-8-9-14)21-13-18(10-4-5-11-18)16(25)23(2)3/h14H,4-13H2,1-3H3,(H,22,24)(H2,19,20,21). The highest BCUT2D eigenvalue weighted by Gasteiger charge is 2.42. The maximum atomic E-state index is 12.6. The van der Waals surface area contributed by atoms with E-state index in [0.717, 1.165) is 44.9 Å². The number of nitrogens with zero attached hydrogens (tertiary/aromatic N) is 2. The van der Waals surface area contributed by atoms with Gasteiger partial charge in [0.05, 0.1) is 5.41 Å². The van der Waals surface area contributed by atoms with Gasteiger partial charge in [0.25, 0.3) is 0 Å². The average molecular weight is 351 g/mol. The quantitative estimate of drug-likeness (QED) is 0.344. The number of carbonyl (C=O) groups is 2. The topological polar surface area (TPSA) is 85.8 Å². The van der Waals surface area contributed by atoms with Crippen LogP contribution in [0.5, 0.6) is 0 Å². The van der Waals surface area contributed by atoms with Crippen LogP contribution >= 0.6 is 0 Å². The van der Waals surface area contributed by atoms with Crippen LogP contribution in [0.25, 0.3) is 0 Å². The Hall–Kier alpha value is -1.79. The van der Waals surface area contributed by atoms with Crippen LogP contribution in [0.1, 0.15) is 51.4 Å². The summed E-state index contributed by atoms with van der Waals surface area (Å²) in [5, 5.41) is 9.54. The van der Waals surface area contributed by atoms with Crippen LogP contribution in [0.4, 0.5) is 0 Å². The number of carbonyl (C=O) groups excluding carboxylic acids is 2. The van der Waals surface area contributed by atoms with Gasteiger partial charge >= 0.3 is 0 Å². The Morgan fingerprint density at radius 3 is 2.40 bits per heavy atom. The second-order valence-corrected chi connectivity index (χ2v) is 7.48. The maximum Gasteiger partial charge on any atom is 0.230 e. The van der Waals surface area contributed by atoms with Crippen molar-refractivity contribution in [1.29, 1.82) is 0 Å². The highest BCUT2D eigenvalue weighted by Crippen LogP contribution is 2.38. The maximum absolute atomic E-state index is 12.6. The second kappa shape index (κ2) is 9.06. The van der Waals surface area contributed by atoms with Gasteiger partial charge < -0.3 is 20.9 Å². The van der Waals surface area contributed by atoms with Crippen molar-refractivity contribution in [2.24, 2.45) is 10.4 Å². The third kappa shape index (κ3) is 5.90. The molecule has 0 aromatic rings. The molecular formula is C18H33N5O2. The second-order valence-electron chi connectivity index (χ2n) is 7.48. The predicted octanol–water partition coefficient (Wildman–Crippen LogP) is 0.859. The molecule has 142 valence electrons. The summed E-state index contributed by atoms with van der Waals surface area (Å²) in [5.74, 6) is 1.03. The zero-order valence-corrected chi connectivity index (χ0v) is 15.9. The monoisotopic (exact) mass is 351 g/mol. The zero-order chi connectivity index (χ0) is 18.3. The lowest BCUT2D eigenvalue weighted by atomic mass is 9.84. The van der Waals surface area contributed by atoms with E-state index in [-0.39, 0.29) is 17.2 Å². The highest BCUT2D eigenvalue weighted by molar-refractivity contribution is 5.85. The Labute approximate surface area is 151 Å². The molecule has 0 aromatic carbocycles. The molecule has 3 N–H and O–H groups in total. The van der Waals surface area contributed by atoms with Gasteiger partial charge in [-0.05, 0) is 32.1 Å². The Morgan fingerprint density at radius 2 is 1.84 bits per heavy atom. The third-order valence-corrected chi connectivity index (χ3v) is 5.05. The van der Waals surface area contributed by atoms with E-state index in [1.165, 1.54) is 0 Å². The van der Waals surface area contributed by atoms with E-state index >= 15 is 0 Å². The summed E-state index contributed by atoms with van der Waals surface area (Å²) in [7, 11) is 5.37. The summed E-state index contributed by atoms with van der Waals surface area (Å²) in [5.41, 5.74) is -0.314. The Balaban J connectivity index is 1.71. The molecule has 0 unspecified atom stereocenters. The summed E-state index contributed by atoms with van der Waals surface area (Å²) >= 11 is 0. The molecule has 7 nitrogen and oxygen atoms in total. The Kier molecular flexibility index (Phi) is 7.08. The van der Waals surface area contributed by atoms with Crippen LogP contribution in [-0.4, -0.2) is 62.9 Å². The SMILES string of the molecule is CN=C(NCCCC(=O)NC1CC1)NCC1(C(=O)N(C)C)CCCC1. The van der Waals surface area contributed by atoms with Gasteiger partial charge in [0.1, 0.15) is 0 Å². The summed E-state index contributed by atoms with van der Waals surface area (Å²) in [6.07, 6.45) is 7.59. The lowest BCUT2D eigenvalue weighted by molar-refractivity contribution is -0.138. The van der Waals surface area contributed by atoms with E-state index in [9.17, 15) is 9.59 Å². The first-order valence-electron chi connectivity index (χ1n) is 9.42. The summed E-state index contributed by atoms with van der Waals surface area (Å²) in [4.78, 5) is 30.2. The van der Waals surface area contributed by atoms with E-state index in [1.807, 2.05) is 14.1 Å². The van der Waals surface area contributed by atoms with Crippen molar-refractivity contribution >= 4 is 17.8 Å². The van der Waals surface area contributed by atoms with Crippen molar-refractivity contribution in [2.45, 2.75) is 57.4 Å². The molecule has 2 fully saturated rings. The molecule has 0 heterocycles. The summed E-state index contributed by atoms with van der Waals surface area (Å²) in [6.45, 7) is 1.29. The number of hydrogen-bond acceptors (Lipinski definition) is 3. The van der Waals surface area contributed by atoms with Crippen molar-refractivity contribution < 1.29 is 9.59 Å². The Morgan fingerprint density at radius 1 is 1.16 bits per heavy atom. The molecule has 25 heavy (non-hydrogen) atoms. The molecule has 0 radical (unpaired) electrons. The van der Waals surface area contributed by atoms with Crippen LogP contribution in [0.3, 0.4) is 0 Å². The molecule has 0 aliphatic heterocycles. The number of amides is 2. The van der Waals surface area contributed by atoms with Crippen LogP contribution < -0.4 is 16.0 Å². The molecule has 2 saturated carbocycles. The van der Waals surface area contributed by atoms with E-state index in [0.29, 0.717) is 31.5 Å². The minimum absolute atomic E-state index is 0.133. The van der Waals surface area contributed by atoms with Crippen molar-refractivity contribution in [2.75, 3.05) is 34.2 Å². The number of rotatable bonds is 8. The number of hydrogen-bond donors (Lipinski definition) is 3. The number of guanidine groups is 1. The van der Waals surface area contributed by atoms with Gasteiger partial charge in [-0.2, -0.15) is 0 Å².